The fraction of sp³-hybridized carbons (Fsp3) is 0. The standard InChI is InChI=1S/C13H12N2/c14-13-6-2-1-5-12(13)8-7-11-4-3-9-15-10-11/h1-10H,14H2. The molecule has 2 N–H and O–H groups in total. The fourth-order valence-electron chi connectivity index (χ4n) is 1.32. The predicted molar refractivity (Wildman–Crippen MR) is 64.0 cm³/mol. The highest BCUT2D eigenvalue weighted by Crippen LogP contribution is 2.13. The first kappa shape index (κ1) is 9.46. The predicted octanol–water partition coefficient (Wildman–Crippen LogP) is 2.83. The van der Waals surface area contributed by atoms with Crippen molar-refractivity contribution in [2.24, 2.45) is 0 Å². The molecule has 0 bridgehead atoms. The van der Waals surface area contributed by atoms with Crippen molar-refractivity contribution in [1.82, 2.24) is 4.98 Å². The van der Waals surface area contributed by atoms with Gasteiger partial charge in [0.15, 0.2) is 0 Å². The van der Waals surface area contributed by atoms with Crippen LogP contribution in [0.15, 0.2) is 48.8 Å². The maximum absolute atomic E-state index is 5.82. The lowest BCUT2D eigenvalue weighted by atomic mass is 10.1. The highest BCUT2D eigenvalue weighted by Gasteiger charge is 1.91. The first-order valence-corrected chi connectivity index (χ1v) is 4.79. The summed E-state index contributed by atoms with van der Waals surface area (Å²) in [4.78, 5) is 4.04. The van der Waals surface area contributed by atoms with Crippen molar-refractivity contribution < 1.29 is 0 Å². The number of hydrogen-bond donors (Lipinski definition) is 1. The summed E-state index contributed by atoms with van der Waals surface area (Å²) < 4.78 is 0. The van der Waals surface area contributed by atoms with E-state index >= 15 is 0 Å². The van der Waals surface area contributed by atoms with E-state index in [-0.39, 0.29) is 0 Å². The average molecular weight is 196 g/mol. The smallest absolute Gasteiger partial charge is 0.0387 e. The minimum atomic E-state index is 0.789. The van der Waals surface area contributed by atoms with Crippen molar-refractivity contribution in [3.63, 3.8) is 0 Å². The SMILES string of the molecule is Nc1ccccc1C=Cc1cccnc1. The Morgan fingerprint density at radius 1 is 1.00 bits per heavy atom. The highest BCUT2D eigenvalue weighted by molar-refractivity contribution is 5.75. The number of para-hydroxylation sites is 1. The molecule has 0 fully saturated rings. The van der Waals surface area contributed by atoms with Gasteiger partial charge < -0.3 is 5.73 Å². The Morgan fingerprint density at radius 2 is 1.87 bits per heavy atom. The first-order valence-electron chi connectivity index (χ1n) is 4.79. The molecule has 0 unspecified atom stereocenters. The summed E-state index contributed by atoms with van der Waals surface area (Å²) in [7, 11) is 0. The summed E-state index contributed by atoms with van der Waals surface area (Å²) in [5.41, 5.74) is 8.71. The number of hydrogen-bond acceptors (Lipinski definition) is 2. The lowest BCUT2D eigenvalue weighted by molar-refractivity contribution is 1.32. The highest BCUT2D eigenvalue weighted by atomic mass is 14.6. The van der Waals surface area contributed by atoms with Crippen LogP contribution in [-0.4, -0.2) is 4.98 Å². The second kappa shape index (κ2) is 4.42. The Morgan fingerprint density at radius 3 is 2.60 bits per heavy atom. The van der Waals surface area contributed by atoms with Crippen LogP contribution in [0.3, 0.4) is 0 Å². The minimum Gasteiger partial charge on any atom is -0.398 e. The van der Waals surface area contributed by atoms with Crippen molar-refractivity contribution in [2.45, 2.75) is 0 Å². The topological polar surface area (TPSA) is 38.9 Å². The van der Waals surface area contributed by atoms with Gasteiger partial charge in [-0.15, -0.1) is 0 Å². The van der Waals surface area contributed by atoms with Gasteiger partial charge in [0.1, 0.15) is 0 Å². The number of pyridine rings is 1. The molecule has 2 nitrogen and oxygen atoms in total. The fourth-order valence-corrected chi connectivity index (χ4v) is 1.32. The summed E-state index contributed by atoms with van der Waals surface area (Å²) in [5.74, 6) is 0. The monoisotopic (exact) mass is 196 g/mol. The molecule has 0 saturated carbocycles. The quantitative estimate of drug-likeness (QED) is 0.750. The van der Waals surface area contributed by atoms with Crippen LogP contribution < -0.4 is 5.73 Å². The van der Waals surface area contributed by atoms with Gasteiger partial charge in [-0.2, -0.15) is 0 Å². The molecular weight excluding hydrogens is 184 g/mol. The van der Waals surface area contributed by atoms with E-state index in [9.17, 15) is 0 Å². The van der Waals surface area contributed by atoms with Crippen LogP contribution in [-0.2, 0) is 0 Å². The van der Waals surface area contributed by atoms with Gasteiger partial charge in [0.2, 0.25) is 0 Å². The van der Waals surface area contributed by atoms with Gasteiger partial charge in [-0.25, -0.2) is 0 Å². The molecule has 0 aliphatic rings. The second-order valence-corrected chi connectivity index (χ2v) is 3.25. The maximum Gasteiger partial charge on any atom is 0.0387 e. The summed E-state index contributed by atoms with van der Waals surface area (Å²) >= 11 is 0. The van der Waals surface area contributed by atoms with Crippen LogP contribution in [0.5, 0.6) is 0 Å². The molecule has 2 aromatic rings. The maximum atomic E-state index is 5.82. The van der Waals surface area contributed by atoms with Crippen LogP contribution in [0.4, 0.5) is 5.69 Å². The number of nitrogens with zero attached hydrogens (tertiary/aromatic N) is 1. The van der Waals surface area contributed by atoms with Crippen molar-refractivity contribution in [3.8, 4) is 0 Å². The summed E-state index contributed by atoms with van der Waals surface area (Å²) in [5, 5.41) is 0. The van der Waals surface area contributed by atoms with Gasteiger partial charge in [-0.3, -0.25) is 4.98 Å². The van der Waals surface area contributed by atoms with Gasteiger partial charge in [0, 0.05) is 18.1 Å². The molecule has 1 heterocycles. The number of benzene rings is 1. The van der Waals surface area contributed by atoms with E-state index in [0.29, 0.717) is 0 Å². The Hall–Kier alpha value is -2.09. The van der Waals surface area contributed by atoms with E-state index in [2.05, 4.69) is 4.98 Å². The van der Waals surface area contributed by atoms with E-state index in [1.807, 2.05) is 54.7 Å². The number of nitrogen functional groups attached to an aromatic ring is 1. The van der Waals surface area contributed by atoms with E-state index in [4.69, 9.17) is 5.73 Å². The molecular formula is C13H12N2. The van der Waals surface area contributed by atoms with Crippen LogP contribution in [0.25, 0.3) is 12.2 Å². The second-order valence-electron chi connectivity index (χ2n) is 3.25. The first-order chi connectivity index (χ1) is 7.36. The largest absolute Gasteiger partial charge is 0.398 e. The summed E-state index contributed by atoms with van der Waals surface area (Å²) in [6.45, 7) is 0. The molecule has 0 aliphatic heterocycles. The zero-order valence-corrected chi connectivity index (χ0v) is 8.30. The Kier molecular flexibility index (Phi) is 2.79. The molecule has 1 aromatic carbocycles. The molecule has 0 saturated heterocycles. The van der Waals surface area contributed by atoms with Crippen molar-refractivity contribution >= 4 is 17.8 Å². The minimum absolute atomic E-state index is 0.789. The van der Waals surface area contributed by atoms with E-state index in [1.54, 1.807) is 6.20 Å². The van der Waals surface area contributed by atoms with Gasteiger partial charge in [0.25, 0.3) is 0 Å². The van der Waals surface area contributed by atoms with Crippen LogP contribution >= 0.6 is 0 Å². The van der Waals surface area contributed by atoms with E-state index in [0.717, 1.165) is 16.8 Å². The Balaban J connectivity index is 2.23. The molecule has 2 heteroatoms. The summed E-state index contributed by atoms with van der Waals surface area (Å²) in [6.07, 6.45) is 7.56. The van der Waals surface area contributed by atoms with Crippen molar-refractivity contribution in [2.75, 3.05) is 5.73 Å². The summed E-state index contributed by atoms with van der Waals surface area (Å²) in [6, 6.07) is 11.7. The zero-order valence-electron chi connectivity index (χ0n) is 8.30. The van der Waals surface area contributed by atoms with E-state index in [1.165, 1.54) is 0 Å². The van der Waals surface area contributed by atoms with Gasteiger partial charge in [0.05, 0.1) is 0 Å². The normalized spacial score (nSPS) is 10.7. The van der Waals surface area contributed by atoms with E-state index < -0.39 is 0 Å². The molecule has 0 spiro atoms. The third-order valence-electron chi connectivity index (χ3n) is 2.14. The van der Waals surface area contributed by atoms with Gasteiger partial charge >= 0.3 is 0 Å². The number of nitrogens with two attached hydrogens (primary N) is 1. The third-order valence-corrected chi connectivity index (χ3v) is 2.14. The van der Waals surface area contributed by atoms with Crippen molar-refractivity contribution in [3.05, 3.63) is 59.9 Å². The lowest BCUT2D eigenvalue weighted by Crippen LogP contribution is -1.87. The number of anilines is 1. The average Bonchev–Trinajstić information content (AvgIpc) is 2.29. The van der Waals surface area contributed by atoms with Gasteiger partial charge in [-0.1, -0.05) is 36.4 Å². The Labute approximate surface area is 89.1 Å². The lowest BCUT2D eigenvalue weighted by Gasteiger charge is -1.98. The molecule has 0 amide bonds. The number of aromatic nitrogens is 1. The molecule has 0 radical (unpaired) electrons. The van der Waals surface area contributed by atoms with Crippen LogP contribution in [0.2, 0.25) is 0 Å². The van der Waals surface area contributed by atoms with Gasteiger partial charge in [-0.05, 0) is 23.3 Å². The Bertz CT molecular complexity index is 461. The third kappa shape index (κ3) is 2.44. The number of rotatable bonds is 2. The molecule has 74 valence electrons. The van der Waals surface area contributed by atoms with Crippen LogP contribution in [0, 0.1) is 0 Å². The molecule has 0 aliphatic carbocycles. The molecule has 15 heavy (non-hydrogen) atoms. The molecule has 0 atom stereocenters. The van der Waals surface area contributed by atoms with Crippen LogP contribution in [0.1, 0.15) is 11.1 Å². The molecule has 1 aromatic heterocycles. The zero-order chi connectivity index (χ0) is 10.5. The van der Waals surface area contributed by atoms with Crippen molar-refractivity contribution in [1.29, 1.82) is 0 Å². The molecule has 2 rings (SSSR count).